The van der Waals surface area contributed by atoms with Crippen LogP contribution in [0.4, 0.5) is 0 Å². The summed E-state index contributed by atoms with van der Waals surface area (Å²) in [6, 6.07) is 9.50. The average molecular weight is 296 g/mol. The van der Waals surface area contributed by atoms with E-state index in [-0.39, 0.29) is 12.4 Å². The second-order valence-corrected chi connectivity index (χ2v) is 4.93. The highest BCUT2D eigenvalue weighted by Gasteiger charge is 2.43. The van der Waals surface area contributed by atoms with Crippen LogP contribution in [0, 0.1) is 0 Å². The van der Waals surface area contributed by atoms with E-state index in [0.29, 0.717) is 13.0 Å². The van der Waals surface area contributed by atoms with E-state index in [0.717, 1.165) is 5.56 Å². The molecule has 1 saturated heterocycles. The summed E-state index contributed by atoms with van der Waals surface area (Å²) in [5.74, 6) is -0.365. The van der Waals surface area contributed by atoms with Gasteiger partial charge in [0, 0.05) is 6.42 Å². The normalized spacial score (nSPS) is 28.5. The molecule has 6 heteroatoms. The fourth-order valence-electron chi connectivity index (χ4n) is 2.29. The molecule has 1 aromatic rings. The monoisotopic (exact) mass is 296 g/mol. The van der Waals surface area contributed by atoms with Crippen LogP contribution in [0.15, 0.2) is 30.3 Å². The Morgan fingerprint density at radius 3 is 2.67 bits per heavy atom. The van der Waals surface area contributed by atoms with Crippen LogP contribution >= 0.6 is 0 Å². The van der Waals surface area contributed by atoms with Crippen molar-refractivity contribution in [2.24, 2.45) is 0 Å². The maximum Gasteiger partial charge on any atom is 0.305 e. The Labute approximate surface area is 123 Å². The summed E-state index contributed by atoms with van der Waals surface area (Å²) in [5, 5.41) is 19.5. The minimum atomic E-state index is -1.30. The Bertz CT molecular complexity index is 449. The van der Waals surface area contributed by atoms with Gasteiger partial charge < -0.3 is 24.4 Å². The minimum absolute atomic E-state index is 0.145. The maximum absolute atomic E-state index is 11.2. The predicted octanol–water partition coefficient (Wildman–Crippen LogP) is 0.603. The highest BCUT2D eigenvalue weighted by Crippen LogP contribution is 2.26. The molecule has 6 nitrogen and oxygen atoms in total. The van der Waals surface area contributed by atoms with E-state index >= 15 is 0 Å². The SMILES string of the molecule is COC(=O)CC[C@H]1OC(O)[C@H](O)[C@H]1OCc1ccccc1. The van der Waals surface area contributed by atoms with Crippen LogP contribution in [0.3, 0.4) is 0 Å². The summed E-state index contributed by atoms with van der Waals surface area (Å²) in [6.45, 7) is 0.299. The van der Waals surface area contributed by atoms with Crippen molar-refractivity contribution in [3.05, 3.63) is 35.9 Å². The van der Waals surface area contributed by atoms with Gasteiger partial charge in [0.05, 0.1) is 19.8 Å². The molecule has 4 atom stereocenters. The van der Waals surface area contributed by atoms with Crippen LogP contribution in [0.2, 0.25) is 0 Å². The van der Waals surface area contributed by atoms with Crippen molar-refractivity contribution in [1.82, 2.24) is 0 Å². The van der Waals surface area contributed by atoms with Gasteiger partial charge in [-0.25, -0.2) is 0 Å². The van der Waals surface area contributed by atoms with Crippen molar-refractivity contribution < 1.29 is 29.2 Å². The van der Waals surface area contributed by atoms with Gasteiger partial charge in [0.15, 0.2) is 6.29 Å². The predicted molar refractivity (Wildman–Crippen MR) is 73.2 cm³/mol. The Kier molecular flexibility index (Phi) is 5.69. The Hall–Kier alpha value is -1.47. The fourth-order valence-corrected chi connectivity index (χ4v) is 2.29. The highest BCUT2D eigenvalue weighted by molar-refractivity contribution is 5.69. The zero-order valence-electron chi connectivity index (χ0n) is 11.8. The van der Waals surface area contributed by atoms with Gasteiger partial charge in [-0.1, -0.05) is 30.3 Å². The Balaban J connectivity index is 1.91. The molecule has 0 spiro atoms. The molecule has 0 bridgehead atoms. The van der Waals surface area contributed by atoms with Crippen molar-refractivity contribution in [2.75, 3.05) is 7.11 Å². The summed E-state index contributed by atoms with van der Waals surface area (Å²) in [7, 11) is 1.31. The van der Waals surface area contributed by atoms with E-state index in [1.807, 2.05) is 30.3 Å². The number of aliphatic hydroxyl groups excluding tert-OH is 2. The van der Waals surface area contributed by atoms with Gasteiger partial charge in [0.1, 0.15) is 12.2 Å². The largest absolute Gasteiger partial charge is 0.469 e. The first kappa shape index (κ1) is 15.9. The second kappa shape index (κ2) is 7.51. The average Bonchev–Trinajstić information content (AvgIpc) is 2.78. The molecule has 0 saturated carbocycles. The molecular weight excluding hydrogens is 276 g/mol. The number of hydrogen-bond acceptors (Lipinski definition) is 6. The molecule has 1 unspecified atom stereocenters. The third-order valence-corrected chi connectivity index (χ3v) is 3.46. The molecule has 1 aliphatic heterocycles. The number of hydrogen-bond donors (Lipinski definition) is 2. The number of benzene rings is 1. The smallest absolute Gasteiger partial charge is 0.305 e. The first-order chi connectivity index (χ1) is 10.1. The number of carbonyl (C=O) groups is 1. The third kappa shape index (κ3) is 4.25. The van der Waals surface area contributed by atoms with E-state index in [2.05, 4.69) is 4.74 Å². The standard InChI is InChI=1S/C15H20O6/c1-19-12(16)8-7-11-14(13(17)15(18)21-11)20-9-10-5-3-2-4-6-10/h2-6,11,13-15,17-18H,7-9H2,1H3/t11-,13-,14+,15?/m1/s1. The van der Waals surface area contributed by atoms with Crippen molar-refractivity contribution in [3.8, 4) is 0 Å². The topological polar surface area (TPSA) is 85.2 Å². The molecule has 0 radical (unpaired) electrons. The molecule has 21 heavy (non-hydrogen) atoms. The number of aliphatic hydroxyl groups is 2. The summed E-state index contributed by atoms with van der Waals surface area (Å²) in [6.07, 6.45) is -3.18. The van der Waals surface area contributed by atoms with Gasteiger partial charge >= 0.3 is 5.97 Å². The number of ether oxygens (including phenoxy) is 3. The van der Waals surface area contributed by atoms with Crippen LogP contribution in [-0.4, -0.2) is 47.9 Å². The lowest BCUT2D eigenvalue weighted by atomic mass is 10.1. The quantitative estimate of drug-likeness (QED) is 0.748. The Morgan fingerprint density at radius 1 is 1.29 bits per heavy atom. The molecular formula is C15H20O6. The molecule has 1 heterocycles. The van der Waals surface area contributed by atoms with Gasteiger partial charge in [-0.05, 0) is 12.0 Å². The fraction of sp³-hybridized carbons (Fsp3) is 0.533. The molecule has 2 N–H and O–H groups in total. The number of rotatable bonds is 6. The maximum atomic E-state index is 11.2. The van der Waals surface area contributed by atoms with Crippen LogP contribution in [0.25, 0.3) is 0 Å². The van der Waals surface area contributed by atoms with Gasteiger partial charge in [-0.3, -0.25) is 4.79 Å². The van der Waals surface area contributed by atoms with E-state index in [1.54, 1.807) is 0 Å². The molecule has 0 aromatic heterocycles. The third-order valence-electron chi connectivity index (χ3n) is 3.46. The van der Waals surface area contributed by atoms with Crippen LogP contribution in [0.5, 0.6) is 0 Å². The van der Waals surface area contributed by atoms with Gasteiger partial charge in [-0.2, -0.15) is 0 Å². The molecule has 0 aliphatic carbocycles. The van der Waals surface area contributed by atoms with E-state index < -0.39 is 24.6 Å². The van der Waals surface area contributed by atoms with Gasteiger partial charge in [0.25, 0.3) is 0 Å². The van der Waals surface area contributed by atoms with Crippen molar-refractivity contribution >= 4 is 5.97 Å². The lowest BCUT2D eigenvalue weighted by Crippen LogP contribution is -2.35. The number of carbonyl (C=O) groups excluding carboxylic acids is 1. The molecule has 1 aromatic carbocycles. The Morgan fingerprint density at radius 2 is 2.00 bits per heavy atom. The zero-order chi connectivity index (χ0) is 15.2. The second-order valence-electron chi connectivity index (χ2n) is 4.93. The van der Waals surface area contributed by atoms with Gasteiger partial charge in [-0.15, -0.1) is 0 Å². The van der Waals surface area contributed by atoms with Crippen molar-refractivity contribution in [3.63, 3.8) is 0 Å². The van der Waals surface area contributed by atoms with Gasteiger partial charge in [0.2, 0.25) is 0 Å². The van der Waals surface area contributed by atoms with Crippen LogP contribution in [-0.2, 0) is 25.6 Å². The summed E-state index contributed by atoms with van der Waals surface area (Å²) in [4.78, 5) is 11.2. The number of esters is 1. The summed E-state index contributed by atoms with van der Waals surface area (Å²) < 4.78 is 15.5. The molecule has 0 amide bonds. The summed E-state index contributed by atoms with van der Waals surface area (Å²) >= 11 is 0. The van der Waals surface area contributed by atoms with Crippen molar-refractivity contribution in [2.45, 2.75) is 44.1 Å². The molecule has 116 valence electrons. The van der Waals surface area contributed by atoms with E-state index in [1.165, 1.54) is 7.11 Å². The minimum Gasteiger partial charge on any atom is -0.469 e. The number of methoxy groups -OCH3 is 1. The highest BCUT2D eigenvalue weighted by atomic mass is 16.7. The molecule has 1 fully saturated rings. The molecule has 1 aliphatic rings. The molecule has 2 rings (SSSR count). The van der Waals surface area contributed by atoms with Crippen LogP contribution < -0.4 is 0 Å². The zero-order valence-corrected chi connectivity index (χ0v) is 11.8. The van der Waals surface area contributed by atoms with Crippen molar-refractivity contribution in [1.29, 1.82) is 0 Å². The van der Waals surface area contributed by atoms with E-state index in [4.69, 9.17) is 9.47 Å². The summed E-state index contributed by atoms with van der Waals surface area (Å²) in [5.41, 5.74) is 0.956. The first-order valence-electron chi connectivity index (χ1n) is 6.85. The first-order valence-corrected chi connectivity index (χ1v) is 6.85. The lowest BCUT2D eigenvalue weighted by molar-refractivity contribution is -0.144. The van der Waals surface area contributed by atoms with E-state index in [9.17, 15) is 15.0 Å². The van der Waals surface area contributed by atoms with Crippen LogP contribution in [0.1, 0.15) is 18.4 Å². The lowest BCUT2D eigenvalue weighted by Gasteiger charge is -2.20.